The highest BCUT2D eigenvalue weighted by Gasteiger charge is 2.25. The third kappa shape index (κ3) is 4.14. The number of nitrogens with zero attached hydrogens (tertiary/aromatic N) is 2. The quantitative estimate of drug-likeness (QED) is 0.911. The van der Waals surface area contributed by atoms with Crippen LogP contribution in [0.2, 0.25) is 0 Å². The van der Waals surface area contributed by atoms with Crippen LogP contribution in [-0.4, -0.2) is 42.7 Å². The van der Waals surface area contributed by atoms with Crippen LogP contribution in [0.4, 0.5) is 10.5 Å². The highest BCUT2D eigenvalue weighted by molar-refractivity contribution is 5.90. The number of benzene rings is 1. The van der Waals surface area contributed by atoms with Crippen molar-refractivity contribution in [2.24, 2.45) is 0 Å². The SMILES string of the molecule is CCc1ccc(C2CN(C(=O)Nc3ccc(OC)nc3C)CCO2)cc1. The summed E-state index contributed by atoms with van der Waals surface area (Å²) in [5.41, 5.74) is 3.80. The monoisotopic (exact) mass is 355 g/mol. The first-order chi connectivity index (χ1) is 12.6. The van der Waals surface area contributed by atoms with Gasteiger partial charge in [-0.05, 0) is 30.5 Å². The zero-order chi connectivity index (χ0) is 18.5. The summed E-state index contributed by atoms with van der Waals surface area (Å²) in [6.07, 6.45) is 0.908. The third-order valence-corrected chi connectivity index (χ3v) is 4.62. The minimum Gasteiger partial charge on any atom is -0.481 e. The first-order valence-electron chi connectivity index (χ1n) is 8.88. The van der Waals surface area contributed by atoms with Crippen LogP contribution in [-0.2, 0) is 11.2 Å². The summed E-state index contributed by atoms with van der Waals surface area (Å²) in [4.78, 5) is 18.7. The molecule has 1 N–H and O–H groups in total. The van der Waals surface area contributed by atoms with Crippen LogP contribution >= 0.6 is 0 Å². The molecule has 1 aromatic heterocycles. The van der Waals surface area contributed by atoms with E-state index in [0.29, 0.717) is 31.3 Å². The number of amides is 2. The van der Waals surface area contributed by atoms with E-state index in [1.807, 2.05) is 6.92 Å². The molecule has 6 nitrogen and oxygen atoms in total. The number of aromatic nitrogens is 1. The molecular weight excluding hydrogens is 330 g/mol. The van der Waals surface area contributed by atoms with E-state index >= 15 is 0 Å². The smallest absolute Gasteiger partial charge is 0.322 e. The van der Waals surface area contributed by atoms with Gasteiger partial charge in [-0.2, -0.15) is 0 Å². The van der Waals surface area contributed by atoms with Gasteiger partial charge in [-0.1, -0.05) is 31.2 Å². The second-order valence-electron chi connectivity index (χ2n) is 6.32. The highest BCUT2D eigenvalue weighted by atomic mass is 16.5. The Hall–Kier alpha value is -2.60. The van der Waals surface area contributed by atoms with Crippen molar-refractivity contribution in [2.75, 3.05) is 32.1 Å². The van der Waals surface area contributed by atoms with Gasteiger partial charge in [0.25, 0.3) is 0 Å². The van der Waals surface area contributed by atoms with Crippen molar-refractivity contribution in [3.63, 3.8) is 0 Å². The molecule has 1 saturated heterocycles. The summed E-state index contributed by atoms with van der Waals surface area (Å²) in [7, 11) is 1.57. The van der Waals surface area contributed by atoms with Gasteiger partial charge in [-0.15, -0.1) is 0 Å². The first kappa shape index (κ1) is 18.2. The number of carbonyl (C=O) groups is 1. The van der Waals surface area contributed by atoms with E-state index in [2.05, 4.69) is 41.5 Å². The maximum absolute atomic E-state index is 12.7. The average molecular weight is 355 g/mol. The maximum atomic E-state index is 12.7. The molecule has 26 heavy (non-hydrogen) atoms. The van der Waals surface area contributed by atoms with Gasteiger partial charge in [0.2, 0.25) is 5.88 Å². The molecule has 1 unspecified atom stereocenters. The van der Waals surface area contributed by atoms with Gasteiger partial charge < -0.3 is 19.7 Å². The summed E-state index contributed by atoms with van der Waals surface area (Å²) < 4.78 is 11.0. The van der Waals surface area contributed by atoms with Crippen LogP contribution in [0.3, 0.4) is 0 Å². The number of carbonyl (C=O) groups excluding carboxylic acids is 1. The molecule has 0 radical (unpaired) electrons. The summed E-state index contributed by atoms with van der Waals surface area (Å²) in [5.74, 6) is 0.530. The molecule has 2 amide bonds. The molecule has 0 aliphatic carbocycles. The lowest BCUT2D eigenvalue weighted by Gasteiger charge is -2.33. The number of morpholine rings is 1. The molecule has 0 spiro atoms. The molecule has 1 aliphatic rings. The third-order valence-electron chi connectivity index (χ3n) is 4.62. The zero-order valence-corrected chi connectivity index (χ0v) is 15.5. The van der Waals surface area contributed by atoms with Gasteiger partial charge in [0.1, 0.15) is 6.10 Å². The van der Waals surface area contributed by atoms with Crippen molar-refractivity contribution in [1.82, 2.24) is 9.88 Å². The van der Waals surface area contributed by atoms with E-state index in [-0.39, 0.29) is 12.1 Å². The number of anilines is 1. The fourth-order valence-corrected chi connectivity index (χ4v) is 2.98. The molecule has 0 saturated carbocycles. The molecule has 2 heterocycles. The number of aryl methyl sites for hydroxylation is 2. The van der Waals surface area contributed by atoms with Gasteiger partial charge in [-0.3, -0.25) is 0 Å². The van der Waals surface area contributed by atoms with E-state index in [4.69, 9.17) is 9.47 Å². The van der Waals surface area contributed by atoms with Crippen molar-refractivity contribution >= 4 is 11.7 Å². The Bertz CT molecular complexity index is 761. The molecule has 1 aromatic carbocycles. The van der Waals surface area contributed by atoms with E-state index in [0.717, 1.165) is 17.7 Å². The Morgan fingerprint density at radius 2 is 2.08 bits per heavy atom. The lowest BCUT2D eigenvalue weighted by Crippen LogP contribution is -2.44. The fourth-order valence-electron chi connectivity index (χ4n) is 2.98. The summed E-state index contributed by atoms with van der Waals surface area (Å²) in [6, 6.07) is 11.8. The van der Waals surface area contributed by atoms with Crippen LogP contribution in [0.25, 0.3) is 0 Å². The molecule has 2 aromatic rings. The van der Waals surface area contributed by atoms with Gasteiger partial charge in [0.15, 0.2) is 0 Å². The highest BCUT2D eigenvalue weighted by Crippen LogP contribution is 2.24. The van der Waals surface area contributed by atoms with Gasteiger partial charge in [0.05, 0.1) is 31.6 Å². The van der Waals surface area contributed by atoms with Crippen molar-refractivity contribution < 1.29 is 14.3 Å². The van der Waals surface area contributed by atoms with Crippen LogP contribution in [0.5, 0.6) is 5.88 Å². The summed E-state index contributed by atoms with van der Waals surface area (Å²) in [5, 5.41) is 2.93. The number of hydrogen-bond acceptors (Lipinski definition) is 4. The average Bonchev–Trinajstić information content (AvgIpc) is 2.69. The summed E-state index contributed by atoms with van der Waals surface area (Å²) >= 11 is 0. The minimum atomic E-state index is -0.140. The Morgan fingerprint density at radius 3 is 2.73 bits per heavy atom. The lowest BCUT2D eigenvalue weighted by atomic mass is 10.0. The van der Waals surface area contributed by atoms with E-state index in [1.54, 1.807) is 24.1 Å². The topological polar surface area (TPSA) is 63.7 Å². The van der Waals surface area contributed by atoms with Gasteiger partial charge in [0, 0.05) is 12.6 Å². The maximum Gasteiger partial charge on any atom is 0.322 e. The van der Waals surface area contributed by atoms with Crippen LogP contribution in [0.15, 0.2) is 36.4 Å². The molecule has 3 rings (SSSR count). The van der Waals surface area contributed by atoms with E-state index < -0.39 is 0 Å². The number of ether oxygens (including phenoxy) is 2. The van der Waals surface area contributed by atoms with Gasteiger partial charge >= 0.3 is 6.03 Å². The minimum absolute atomic E-state index is 0.101. The molecule has 1 aliphatic heterocycles. The van der Waals surface area contributed by atoms with Crippen molar-refractivity contribution in [3.8, 4) is 5.88 Å². The van der Waals surface area contributed by atoms with Crippen LogP contribution in [0.1, 0.15) is 29.8 Å². The number of rotatable bonds is 4. The Labute approximate surface area is 154 Å². The normalized spacial score (nSPS) is 17.0. The predicted octanol–water partition coefficient (Wildman–Crippen LogP) is 3.57. The molecule has 0 bridgehead atoms. The molecule has 6 heteroatoms. The van der Waals surface area contributed by atoms with Gasteiger partial charge in [-0.25, -0.2) is 9.78 Å². The second-order valence-corrected chi connectivity index (χ2v) is 6.32. The standard InChI is InChI=1S/C20H25N3O3/c1-4-15-5-7-16(8-6-15)18-13-23(11-12-26-18)20(24)22-17-9-10-19(25-3)21-14(17)2/h5-10,18H,4,11-13H2,1-3H3,(H,22,24). The number of hydrogen-bond donors (Lipinski definition) is 1. The van der Waals surface area contributed by atoms with E-state index in [1.165, 1.54) is 5.56 Å². The van der Waals surface area contributed by atoms with Crippen molar-refractivity contribution in [2.45, 2.75) is 26.4 Å². The van der Waals surface area contributed by atoms with Crippen molar-refractivity contribution in [1.29, 1.82) is 0 Å². The number of pyridine rings is 1. The molecular formula is C20H25N3O3. The molecule has 138 valence electrons. The number of methoxy groups -OCH3 is 1. The first-order valence-corrected chi connectivity index (χ1v) is 8.88. The number of urea groups is 1. The Kier molecular flexibility index (Phi) is 5.73. The van der Waals surface area contributed by atoms with Crippen molar-refractivity contribution in [3.05, 3.63) is 53.2 Å². The second kappa shape index (κ2) is 8.19. The zero-order valence-electron chi connectivity index (χ0n) is 15.5. The fraction of sp³-hybridized carbons (Fsp3) is 0.400. The largest absolute Gasteiger partial charge is 0.481 e. The molecule has 1 fully saturated rings. The number of nitrogens with one attached hydrogen (secondary N) is 1. The van der Waals surface area contributed by atoms with Crippen LogP contribution < -0.4 is 10.1 Å². The predicted molar refractivity (Wildman–Crippen MR) is 101 cm³/mol. The van der Waals surface area contributed by atoms with E-state index in [9.17, 15) is 4.79 Å². The molecule has 1 atom stereocenters. The van der Waals surface area contributed by atoms with Crippen LogP contribution in [0, 0.1) is 6.92 Å². The Balaban J connectivity index is 1.65. The summed E-state index contributed by atoms with van der Waals surface area (Å²) in [6.45, 7) is 5.59. The Morgan fingerprint density at radius 1 is 1.31 bits per heavy atom. The lowest BCUT2D eigenvalue weighted by molar-refractivity contribution is -0.0135.